The Labute approximate surface area is 169 Å². The zero-order valence-corrected chi connectivity index (χ0v) is 16.5. The Morgan fingerprint density at radius 2 is 1.93 bits per heavy atom. The van der Waals surface area contributed by atoms with Crippen LogP contribution in [-0.2, 0) is 28.1 Å². The molecule has 5 heteroatoms. The molecule has 0 fully saturated rings. The zero-order valence-electron chi connectivity index (χ0n) is 16.5. The maximum absolute atomic E-state index is 12.6. The molecule has 1 aliphatic heterocycles. The van der Waals surface area contributed by atoms with Crippen molar-refractivity contribution in [2.24, 2.45) is 0 Å². The molecule has 1 atom stereocenters. The van der Waals surface area contributed by atoms with Gasteiger partial charge in [0.2, 0.25) is 0 Å². The van der Waals surface area contributed by atoms with Gasteiger partial charge in [0.15, 0.2) is 5.54 Å². The standard InChI is InChI=1S/C24H22N2O3/c1-15-9-20-21(10-16(15)2)26(14-25-20)24(23(27)28)8-7-22-19(12-24)11-17-5-3-4-6-18(17)13-29-22/h3-10,14H,11-13H2,1-2H3,(H,27,28). The SMILES string of the molecule is Cc1cc2ncn(C3(C(=O)O)C=CC4=C(Cc5ccccc5CO4)C3)c2cc1C. The van der Waals surface area contributed by atoms with Crippen LogP contribution >= 0.6 is 0 Å². The van der Waals surface area contributed by atoms with E-state index in [1.54, 1.807) is 17.0 Å². The topological polar surface area (TPSA) is 64.4 Å². The maximum Gasteiger partial charge on any atom is 0.334 e. The highest BCUT2D eigenvalue weighted by Gasteiger charge is 2.43. The van der Waals surface area contributed by atoms with Gasteiger partial charge in [-0.25, -0.2) is 9.78 Å². The molecule has 2 aliphatic rings. The molecule has 5 rings (SSSR count). The van der Waals surface area contributed by atoms with Crippen LogP contribution in [0.4, 0.5) is 0 Å². The summed E-state index contributed by atoms with van der Waals surface area (Å²) in [6.07, 6.45) is 6.27. The minimum absolute atomic E-state index is 0.348. The second kappa shape index (κ2) is 6.34. The normalized spacial score (nSPS) is 20.8. The number of benzene rings is 2. The van der Waals surface area contributed by atoms with E-state index in [9.17, 15) is 9.90 Å². The van der Waals surface area contributed by atoms with Gasteiger partial charge in [0, 0.05) is 6.42 Å². The molecule has 1 N–H and O–H groups in total. The molecule has 0 bridgehead atoms. The number of rotatable bonds is 2. The molecule has 29 heavy (non-hydrogen) atoms. The number of nitrogens with zero attached hydrogens (tertiary/aromatic N) is 2. The van der Waals surface area contributed by atoms with Gasteiger partial charge in [0.1, 0.15) is 12.4 Å². The molecule has 146 valence electrons. The van der Waals surface area contributed by atoms with E-state index in [1.807, 2.05) is 44.2 Å². The summed E-state index contributed by atoms with van der Waals surface area (Å²) in [6, 6.07) is 12.2. The van der Waals surface area contributed by atoms with Crippen molar-refractivity contribution in [2.75, 3.05) is 0 Å². The number of imidazole rings is 1. The van der Waals surface area contributed by atoms with E-state index in [4.69, 9.17) is 4.74 Å². The highest BCUT2D eigenvalue weighted by Crippen LogP contribution is 2.39. The van der Waals surface area contributed by atoms with Crippen LogP contribution in [0.5, 0.6) is 0 Å². The van der Waals surface area contributed by atoms with Crippen molar-refractivity contribution >= 4 is 17.0 Å². The third kappa shape index (κ3) is 2.69. The largest absolute Gasteiger partial charge is 0.489 e. The van der Waals surface area contributed by atoms with E-state index in [-0.39, 0.29) is 0 Å². The summed E-state index contributed by atoms with van der Waals surface area (Å²) in [4.78, 5) is 17.1. The highest BCUT2D eigenvalue weighted by molar-refractivity contribution is 5.86. The molecule has 2 aromatic carbocycles. The number of carboxylic acids is 1. The lowest BCUT2D eigenvalue weighted by Crippen LogP contribution is -2.41. The van der Waals surface area contributed by atoms with E-state index < -0.39 is 11.5 Å². The van der Waals surface area contributed by atoms with Gasteiger partial charge in [0.25, 0.3) is 0 Å². The van der Waals surface area contributed by atoms with Crippen molar-refractivity contribution in [1.82, 2.24) is 9.55 Å². The van der Waals surface area contributed by atoms with Crippen molar-refractivity contribution in [2.45, 2.75) is 38.8 Å². The number of ether oxygens (including phenoxy) is 1. The van der Waals surface area contributed by atoms with Crippen molar-refractivity contribution in [3.05, 3.63) is 88.5 Å². The quantitative estimate of drug-likeness (QED) is 0.708. The van der Waals surface area contributed by atoms with E-state index >= 15 is 0 Å². The minimum Gasteiger partial charge on any atom is -0.489 e. The number of aliphatic carboxylic acids is 1. The molecule has 0 saturated carbocycles. The molecule has 0 spiro atoms. The number of fused-ring (bicyclic) bond motifs is 2. The number of aryl methyl sites for hydroxylation is 2. The van der Waals surface area contributed by atoms with Gasteiger partial charge in [0.05, 0.1) is 17.4 Å². The fourth-order valence-electron chi connectivity index (χ4n) is 4.36. The summed E-state index contributed by atoms with van der Waals surface area (Å²) >= 11 is 0. The van der Waals surface area contributed by atoms with E-state index in [2.05, 4.69) is 17.1 Å². The van der Waals surface area contributed by atoms with Gasteiger partial charge in [-0.15, -0.1) is 0 Å². The number of aromatic nitrogens is 2. The summed E-state index contributed by atoms with van der Waals surface area (Å²) in [7, 11) is 0. The van der Waals surface area contributed by atoms with Crippen LogP contribution in [-0.4, -0.2) is 20.6 Å². The average Bonchev–Trinajstić information content (AvgIpc) is 3.01. The van der Waals surface area contributed by atoms with Gasteiger partial charge in [-0.1, -0.05) is 24.3 Å². The minimum atomic E-state index is -1.22. The lowest BCUT2D eigenvalue weighted by molar-refractivity contribution is -0.144. The lowest BCUT2D eigenvalue weighted by atomic mass is 9.82. The summed E-state index contributed by atoms with van der Waals surface area (Å²) in [6.45, 7) is 4.58. The molecule has 2 heterocycles. The number of carbonyl (C=O) groups is 1. The van der Waals surface area contributed by atoms with Crippen molar-refractivity contribution < 1.29 is 14.6 Å². The first-order chi connectivity index (χ1) is 14.0. The number of carboxylic acid groups (broad SMARTS) is 1. The van der Waals surface area contributed by atoms with Crippen LogP contribution in [0.2, 0.25) is 0 Å². The molecular weight excluding hydrogens is 364 g/mol. The lowest BCUT2D eigenvalue weighted by Gasteiger charge is -2.32. The first-order valence-electron chi connectivity index (χ1n) is 9.77. The third-order valence-electron chi connectivity index (χ3n) is 6.21. The monoisotopic (exact) mass is 386 g/mol. The van der Waals surface area contributed by atoms with Crippen LogP contribution in [0.15, 0.2) is 66.2 Å². The van der Waals surface area contributed by atoms with Gasteiger partial charge in [-0.2, -0.15) is 0 Å². The van der Waals surface area contributed by atoms with Crippen molar-refractivity contribution in [3.63, 3.8) is 0 Å². The average molecular weight is 386 g/mol. The second-order valence-electron chi connectivity index (χ2n) is 7.98. The van der Waals surface area contributed by atoms with Gasteiger partial charge in [-0.3, -0.25) is 0 Å². The summed E-state index contributed by atoms with van der Waals surface area (Å²) in [5, 5.41) is 10.3. The Kier molecular flexibility index (Phi) is 3.88. The van der Waals surface area contributed by atoms with Crippen LogP contribution in [0, 0.1) is 13.8 Å². The highest BCUT2D eigenvalue weighted by atomic mass is 16.5. The molecule has 1 aliphatic carbocycles. The second-order valence-corrected chi connectivity index (χ2v) is 7.98. The molecule has 5 nitrogen and oxygen atoms in total. The fourth-order valence-corrected chi connectivity index (χ4v) is 4.36. The molecule has 1 aromatic heterocycles. The fraction of sp³-hybridized carbons (Fsp3) is 0.250. The Balaban J connectivity index is 1.63. The number of allylic oxidation sites excluding steroid dienone is 2. The summed E-state index contributed by atoms with van der Waals surface area (Å²) in [5.41, 5.74) is 6.02. The molecule has 0 radical (unpaired) electrons. The summed E-state index contributed by atoms with van der Waals surface area (Å²) < 4.78 is 7.82. The number of hydrogen-bond donors (Lipinski definition) is 1. The van der Waals surface area contributed by atoms with Crippen LogP contribution in [0.1, 0.15) is 28.7 Å². The third-order valence-corrected chi connectivity index (χ3v) is 6.21. The predicted molar refractivity (Wildman–Crippen MR) is 111 cm³/mol. The summed E-state index contributed by atoms with van der Waals surface area (Å²) in [5.74, 6) is -0.107. The van der Waals surface area contributed by atoms with Crippen molar-refractivity contribution in [3.8, 4) is 0 Å². The smallest absolute Gasteiger partial charge is 0.334 e. The Hall–Kier alpha value is -3.34. The molecule has 0 amide bonds. The predicted octanol–water partition coefficient (Wildman–Crippen LogP) is 4.42. The van der Waals surface area contributed by atoms with Gasteiger partial charge < -0.3 is 14.4 Å². The first-order valence-corrected chi connectivity index (χ1v) is 9.77. The van der Waals surface area contributed by atoms with E-state index in [0.717, 1.165) is 39.1 Å². The first kappa shape index (κ1) is 17.7. The molecule has 0 saturated heterocycles. The Morgan fingerprint density at radius 3 is 2.72 bits per heavy atom. The van der Waals surface area contributed by atoms with Crippen LogP contribution < -0.4 is 0 Å². The van der Waals surface area contributed by atoms with Crippen molar-refractivity contribution in [1.29, 1.82) is 0 Å². The van der Waals surface area contributed by atoms with Crippen LogP contribution in [0.3, 0.4) is 0 Å². The Bertz CT molecular complexity index is 1220. The number of hydrogen-bond acceptors (Lipinski definition) is 3. The maximum atomic E-state index is 12.6. The van der Waals surface area contributed by atoms with E-state index in [1.165, 1.54) is 5.56 Å². The zero-order chi connectivity index (χ0) is 20.2. The van der Waals surface area contributed by atoms with Crippen LogP contribution in [0.25, 0.3) is 11.0 Å². The van der Waals surface area contributed by atoms with Gasteiger partial charge >= 0.3 is 5.97 Å². The van der Waals surface area contributed by atoms with E-state index in [0.29, 0.717) is 19.4 Å². The molecular formula is C24H22N2O3. The molecule has 1 unspecified atom stereocenters. The van der Waals surface area contributed by atoms with Gasteiger partial charge in [-0.05, 0) is 72.4 Å². The molecule has 3 aromatic rings. The Morgan fingerprint density at radius 1 is 1.17 bits per heavy atom.